The zero-order valence-electron chi connectivity index (χ0n) is 17.6. The highest BCUT2D eigenvalue weighted by atomic mass is 35.5. The number of nitrogens with zero attached hydrogens (tertiary/aromatic N) is 2. The van der Waals surface area contributed by atoms with Crippen molar-refractivity contribution >= 4 is 40.4 Å². The van der Waals surface area contributed by atoms with E-state index in [-0.39, 0.29) is 6.04 Å². The zero-order valence-corrected chi connectivity index (χ0v) is 19.2. The number of hydrogen-bond donors (Lipinski definition) is 2. The summed E-state index contributed by atoms with van der Waals surface area (Å²) < 4.78 is 5.38. The van der Waals surface area contributed by atoms with Crippen LogP contribution in [0.1, 0.15) is 26.3 Å². The van der Waals surface area contributed by atoms with Crippen LogP contribution in [0.5, 0.6) is 0 Å². The molecular formula is C23H25ClN4O2S. The highest BCUT2D eigenvalue weighted by Gasteiger charge is 2.19. The molecule has 0 saturated heterocycles. The summed E-state index contributed by atoms with van der Waals surface area (Å²) in [5, 5.41) is 10.4. The Labute approximate surface area is 191 Å². The average molecular weight is 457 g/mol. The van der Waals surface area contributed by atoms with Gasteiger partial charge in [-0.3, -0.25) is 5.43 Å². The first-order chi connectivity index (χ1) is 14.8. The van der Waals surface area contributed by atoms with Gasteiger partial charge in [0.25, 0.3) is 0 Å². The summed E-state index contributed by atoms with van der Waals surface area (Å²) in [5.41, 5.74) is 5.26. The molecule has 0 saturated carbocycles. The van der Waals surface area contributed by atoms with E-state index in [1.165, 1.54) is 11.3 Å². The van der Waals surface area contributed by atoms with Gasteiger partial charge in [-0.2, -0.15) is 5.10 Å². The van der Waals surface area contributed by atoms with Crippen LogP contribution in [0.15, 0.2) is 65.1 Å². The van der Waals surface area contributed by atoms with Crippen molar-refractivity contribution in [3.63, 3.8) is 0 Å². The average Bonchev–Trinajstić information content (AvgIpc) is 3.16. The smallest absolute Gasteiger partial charge is 0.408 e. The molecule has 1 atom stereocenters. The van der Waals surface area contributed by atoms with Gasteiger partial charge in [-0.05, 0) is 44.9 Å². The van der Waals surface area contributed by atoms with Crippen LogP contribution < -0.4 is 10.7 Å². The number of carbonyl (C=O) groups excluding carboxylic acids is 1. The molecule has 0 fully saturated rings. The summed E-state index contributed by atoms with van der Waals surface area (Å²) in [4.78, 5) is 16.8. The summed E-state index contributed by atoms with van der Waals surface area (Å²) in [7, 11) is 0. The Balaban J connectivity index is 1.65. The summed E-state index contributed by atoms with van der Waals surface area (Å²) in [6.45, 7) is 5.49. The second kappa shape index (κ2) is 10.4. The van der Waals surface area contributed by atoms with E-state index in [2.05, 4.69) is 20.8 Å². The van der Waals surface area contributed by atoms with E-state index in [1.54, 1.807) is 6.21 Å². The Morgan fingerprint density at radius 3 is 2.58 bits per heavy atom. The Hall–Kier alpha value is -2.90. The van der Waals surface area contributed by atoms with E-state index in [0.29, 0.717) is 16.6 Å². The number of benzene rings is 2. The monoisotopic (exact) mass is 456 g/mol. The lowest BCUT2D eigenvalue weighted by Crippen LogP contribution is -2.41. The third kappa shape index (κ3) is 7.70. The molecule has 2 aromatic carbocycles. The van der Waals surface area contributed by atoms with Gasteiger partial charge in [-0.25, -0.2) is 9.78 Å². The molecule has 1 amide bonds. The summed E-state index contributed by atoms with van der Waals surface area (Å²) >= 11 is 7.39. The van der Waals surface area contributed by atoms with Gasteiger partial charge >= 0.3 is 6.09 Å². The fraction of sp³-hybridized carbons (Fsp3) is 0.261. The van der Waals surface area contributed by atoms with Crippen LogP contribution >= 0.6 is 22.9 Å². The molecule has 0 radical (unpaired) electrons. The largest absolute Gasteiger partial charge is 0.444 e. The molecule has 0 aliphatic rings. The van der Waals surface area contributed by atoms with Crippen LogP contribution in [0, 0.1) is 0 Å². The quantitative estimate of drug-likeness (QED) is 0.338. The second-order valence-electron chi connectivity index (χ2n) is 7.88. The number of hydrazone groups is 1. The van der Waals surface area contributed by atoms with Crippen LogP contribution in [0.3, 0.4) is 0 Å². The van der Waals surface area contributed by atoms with Crippen LogP contribution in [0.25, 0.3) is 11.3 Å². The van der Waals surface area contributed by atoms with Crippen molar-refractivity contribution in [3.8, 4) is 11.3 Å². The molecule has 0 bridgehead atoms. The van der Waals surface area contributed by atoms with E-state index >= 15 is 0 Å². The number of aromatic nitrogens is 1. The number of carbonyl (C=O) groups is 1. The maximum atomic E-state index is 12.2. The Morgan fingerprint density at radius 1 is 1.19 bits per heavy atom. The number of alkyl carbamates (subject to hydrolysis) is 1. The minimum absolute atomic E-state index is 0.347. The van der Waals surface area contributed by atoms with E-state index in [0.717, 1.165) is 16.8 Å². The van der Waals surface area contributed by atoms with Crippen molar-refractivity contribution < 1.29 is 9.53 Å². The summed E-state index contributed by atoms with van der Waals surface area (Å²) in [6.07, 6.45) is 1.75. The molecule has 6 nitrogen and oxygen atoms in total. The first-order valence-corrected chi connectivity index (χ1v) is 11.1. The number of rotatable bonds is 7. The number of hydrogen-bond acceptors (Lipinski definition) is 6. The molecule has 0 aliphatic heterocycles. The van der Waals surface area contributed by atoms with E-state index in [9.17, 15) is 4.79 Å². The van der Waals surface area contributed by atoms with Gasteiger partial charge in [-0.15, -0.1) is 11.3 Å². The molecule has 31 heavy (non-hydrogen) atoms. The molecule has 3 aromatic rings. The second-order valence-corrected chi connectivity index (χ2v) is 9.17. The fourth-order valence-corrected chi connectivity index (χ4v) is 3.52. The topological polar surface area (TPSA) is 75.6 Å². The predicted octanol–water partition coefficient (Wildman–Crippen LogP) is 6.00. The number of halogens is 1. The standard InChI is InChI=1S/C23H25ClN4O2S/c1-23(2,3)30-22(29)26-19(13-16-7-5-4-6-8-16)14-25-28-21-27-20(15-31-21)17-9-11-18(24)12-10-17/h4-12,14-15,19H,13H2,1-3H3,(H,26,29)(H,27,28)/b25-14-/t19-/m0/s1. The number of thiazole rings is 1. The van der Waals surface area contributed by atoms with Gasteiger partial charge in [0.1, 0.15) is 5.60 Å². The normalized spacial score (nSPS) is 12.5. The van der Waals surface area contributed by atoms with Gasteiger partial charge < -0.3 is 10.1 Å². The van der Waals surface area contributed by atoms with Crippen molar-refractivity contribution in [2.24, 2.45) is 5.10 Å². The third-order valence-electron chi connectivity index (χ3n) is 4.06. The van der Waals surface area contributed by atoms with Crippen LogP contribution in [-0.4, -0.2) is 28.9 Å². The molecule has 1 aromatic heterocycles. The molecule has 162 valence electrons. The number of amides is 1. The molecule has 8 heteroatoms. The molecule has 2 N–H and O–H groups in total. The maximum absolute atomic E-state index is 12.2. The van der Waals surface area contributed by atoms with Crippen molar-refractivity contribution in [2.45, 2.75) is 38.8 Å². The Kier molecular flexibility index (Phi) is 7.65. The summed E-state index contributed by atoms with van der Waals surface area (Å²) in [5.74, 6) is 0. The van der Waals surface area contributed by atoms with E-state index in [1.807, 2.05) is 80.7 Å². The van der Waals surface area contributed by atoms with Crippen molar-refractivity contribution in [3.05, 3.63) is 70.6 Å². The van der Waals surface area contributed by atoms with Gasteiger partial charge in [0.15, 0.2) is 0 Å². The number of nitrogens with one attached hydrogen (secondary N) is 2. The van der Waals surface area contributed by atoms with Crippen molar-refractivity contribution in [1.29, 1.82) is 0 Å². The highest BCUT2D eigenvalue weighted by Crippen LogP contribution is 2.25. The Bertz CT molecular complexity index is 1010. The maximum Gasteiger partial charge on any atom is 0.408 e. The van der Waals surface area contributed by atoms with Gasteiger partial charge in [0.2, 0.25) is 5.13 Å². The van der Waals surface area contributed by atoms with Crippen LogP contribution in [0.2, 0.25) is 5.02 Å². The molecule has 0 aliphatic carbocycles. The van der Waals surface area contributed by atoms with E-state index in [4.69, 9.17) is 16.3 Å². The SMILES string of the molecule is CC(C)(C)OC(=O)N[C@H](/C=N\Nc1nc(-c2ccc(Cl)cc2)cs1)Cc1ccccc1. The van der Waals surface area contributed by atoms with Gasteiger partial charge in [0.05, 0.1) is 11.7 Å². The molecule has 0 spiro atoms. The van der Waals surface area contributed by atoms with Crippen molar-refractivity contribution in [2.75, 3.05) is 5.43 Å². The highest BCUT2D eigenvalue weighted by molar-refractivity contribution is 7.14. The van der Waals surface area contributed by atoms with Crippen molar-refractivity contribution in [1.82, 2.24) is 10.3 Å². The fourth-order valence-electron chi connectivity index (χ4n) is 2.73. The minimum atomic E-state index is -0.574. The van der Waals surface area contributed by atoms with Crippen LogP contribution in [0.4, 0.5) is 9.93 Å². The lowest BCUT2D eigenvalue weighted by atomic mass is 10.1. The third-order valence-corrected chi connectivity index (χ3v) is 5.06. The number of ether oxygens (including phenoxy) is 1. The first-order valence-electron chi connectivity index (χ1n) is 9.82. The Morgan fingerprint density at radius 2 is 1.90 bits per heavy atom. The van der Waals surface area contributed by atoms with Crippen LogP contribution in [-0.2, 0) is 11.2 Å². The number of anilines is 1. The zero-order chi connectivity index (χ0) is 22.3. The first kappa shape index (κ1) is 22.8. The predicted molar refractivity (Wildman–Crippen MR) is 128 cm³/mol. The molecule has 1 heterocycles. The molecule has 3 rings (SSSR count). The van der Waals surface area contributed by atoms with E-state index < -0.39 is 11.7 Å². The van der Waals surface area contributed by atoms with Gasteiger partial charge in [0, 0.05) is 22.2 Å². The molecular weight excluding hydrogens is 432 g/mol. The summed E-state index contributed by atoms with van der Waals surface area (Å²) in [6, 6.07) is 17.0. The molecule has 0 unspecified atom stereocenters. The van der Waals surface area contributed by atoms with Gasteiger partial charge in [-0.1, -0.05) is 54.1 Å². The lowest BCUT2D eigenvalue weighted by molar-refractivity contribution is 0.0519. The lowest BCUT2D eigenvalue weighted by Gasteiger charge is -2.22. The minimum Gasteiger partial charge on any atom is -0.444 e.